The first kappa shape index (κ1) is 17.7. The summed E-state index contributed by atoms with van der Waals surface area (Å²) in [5.41, 5.74) is -1.20. The van der Waals surface area contributed by atoms with Crippen molar-refractivity contribution in [1.29, 1.82) is 0 Å². The second kappa shape index (κ2) is 6.78. The van der Waals surface area contributed by atoms with Crippen LogP contribution in [0.3, 0.4) is 0 Å². The molecule has 0 saturated carbocycles. The van der Waals surface area contributed by atoms with Crippen molar-refractivity contribution in [3.63, 3.8) is 0 Å². The maximum atomic E-state index is 11.9. The number of carboxylic acids is 1. The van der Waals surface area contributed by atoms with E-state index in [1.165, 1.54) is 0 Å². The predicted octanol–water partition coefficient (Wildman–Crippen LogP) is 2.61. The highest BCUT2D eigenvalue weighted by atomic mass is 16.4. The highest BCUT2D eigenvalue weighted by molar-refractivity contribution is 5.86. The van der Waals surface area contributed by atoms with Gasteiger partial charge in [-0.15, -0.1) is 0 Å². The Bertz CT molecular complexity index is 321. The Morgan fingerprint density at radius 2 is 1.63 bits per heavy atom. The van der Waals surface area contributed by atoms with Crippen LogP contribution in [-0.2, 0) is 4.79 Å². The van der Waals surface area contributed by atoms with Crippen molar-refractivity contribution in [2.75, 3.05) is 6.54 Å². The van der Waals surface area contributed by atoms with Gasteiger partial charge >= 0.3 is 12.0 Å². The summed E-state index contributed by atoms with van der Waals surface area (Å²) in [6.07, 6.45) is 0.722. The first-order valence-electron chi connectivity index (χ1n) is 6.90. The molecule has 0 radical (unpaired) electrons. The number of urea groups is 1. The van der Waals surface area contributed by atoms with Crippen LogP contribution in [-0.4, -0.2) is 29.2 Å². The minimum Gasteiger partial charge on any atom is -0.480 e. The maximum absolute atomic E-state index is 11.9. The van der Waals surface area contributed by atoms with E-state index >= 15 is 0 Å². The van der Waals surface area contributed by atoms with E-state index in [2.05, 4.69) is 38.3 Å². The number of hydrogen-bond acceptors (Lipinski definition) is 2. The molecule has 0 bridgehead atoms. The molecule has 0 rings (SSSR count). The number of hydrogen-bond donors (Lipinski definition) is 3. The molecule has 3 N–H and O–H groups in total. The summed E-state index contributed by atoms with van der Waals surface area (Å²) in [5.74, 6) is -0.565. The minimum absolute atomic E-state index is 0.0261. The number of carboxylic acid groups (broad SMARTS) is 1. The summed E-state index contributed by atoms with van der Waals surface area (Å²) >= 11 is 0. The lowest BCUT2D eigenvalue weighted by Gasteiger charge is -2.32. The monoisotopic (exact) mass is 272 g/mol. The van der Waals surface area contributed by atoms with Crippen LogP contribution in [0.5, 0.6) is 0 Å². The van der Waals surface area contributed by atoms with Crippen molar-refractivity contribution in [2.24, 2.45) is 11.3 Å². The zero-order valence-electron chi connectivity index (χ0n) is 13.0. The van der Waals surface area contributed by atoms with Crippen LogP contribution in [0, 0.1) is 11.3 Å². The highest BCUT2D eigenvalue weighted by Crippen LogP contribution is 2.24. The lowest BCUT2D eigenvalue weighted by Crippen LogP contribution is -2.57. The predicted molar refractivity (Wildman–Crippen MR) is 76.1 cm³/mol. The summed E-state index contributed by atoms with van der Waals surface area (Å²) in [6, 6.07) is -0.417. The van der Waals surface area contributed by atoms with Crippen LogP contribution in [0.4, 0.5) is 4.79 Å². The molecule has 2 amide bonds. The normalized spacial score (nSPS) is 12.4. The van der Waals surface area contributed by atoms with Crippen molar-refractivity contribution in [1.82, 2.24) is 10.6 Å². The van der Waals surface area contributed by atoms with Gasteiger partial charge in [0.25, 0.3) is 0 Å². The Morgan fingerprint density at radius 1 is 1.16 bits per heavy atom. The topological polar surface area (TPSA) is 78.4 Å². The lowest BCUT2D eigenvalue weighted by molar-refractivity contribution is -0.144. The lowest BCUT2D eigenvalue weighted by atomic mass is 9.81. The third-order valence-electron chi connectivity index (χ3n) is 4.24. The van der Waals surface area contributed by atoms with E-state index < -0.39 is 17.5 Å². The Kier molecular flexibility index (Phi) is 6.33. The summed E-state index contributed by atoms with van der Waals surface area (Å²) < 4.78 is 0. The molecule has 0 aliphatic rings. The summed E-state index contributed by atoms with van der Waals surface area (Å²) in [5, 5.41) is 14.6. The first-order valence-corrected chi connectivity index (χ1v) is 6.90. The van der Waals surface area contributed by atoms with E-state index in [0.29, 0.717) is 25.3 Å². The van der Waals surface area contributed by atoms with Gasteiger partial charge in [-0.2, -0.15) is 0 Å². The maximum Gasteiger partial charge on any atom is 0.329 e. The van der Waals surface area contributed by atoms with Gasteiger partial charge in [0.2, 0.25) is 0 Å². The second-order valence-corrected chi connectivity index (χ2v) is 6.05. The summed E-state index contributed by atoms with van der Waals surface area (Å²) in [4.78, 5) is 23.2. The molecule has 0 aromatic rings. The first-order chi connectivity index (χ1) is 8.61. The van der Waals surface area contributed by atoms with Gasteiger partial charge in [0.15, 0.2) is 0 Å². The van der Waals surface area contributed by atoms with Crippen molar-refractivity contribution in [3.8, 4) is 0 Å². The molecule has 0 aromatic carbocycles. The molecule has 0 aliphatic carbocycles. The van der Waals surface area contributed by atoms with Gasteiger partial charge in [-0.3, -0.25) is 0 Å². The zero-order valence-corrected chi connectivity index (χ0v) is 13.0. The van der Waals surface area contributed by atoms with Crippen LogP contribution in [0.2, 0.25) is 0 Å². The standard InChI is InChI=1S/C14H28N2O3/c1-7-14(8-2,11(17)18)16-12(19)15-9-13(5,6)10(3)4/h10H,7-9H2,1-6H3,(H,17,18)(H2,15,16,19). The van der Waals surface area contributed by atoms with E-state index in [0.717, 1.165) is 0 Å². The second-order valence-electron chi connectivity index (χ2n) is 6.05. The molecular formula is C14H28N2O3. The zero-order chi connectivity index (χ0) is 15.3. The van der Waals surface area contributed by atoms with Crippen LogP contribution in [0.1, 0.15) is 54.4 Å². The van der Waals surface area contributed by atoms with Crippen LogP contribution in [0.15, 0.2) is 0 Å². The quantitative estimate of drug-likeness (QED) is 0.666. The third-order valence-corrected chi connectivity index (χ3v) is 4.24. The molecule has 0 atom stereocenters. The Balaban J connectivity index is 4.58. The number of nitrogens with one attached hydrogen (secondary N) is 2. The van der Waals surface area contributed by atoms with E-state index in [9.17, 15) is 14.7 Å². The van der Waals surface area contributed by atoms with E-state index in [1.807, 2.05) is 0 Å². The minimum atomic E-state index is -1.17. The van der Waals surface area contributed by atoms with Crippen molar-refractivity contribution in [3.05, 3.63) is 0 Å². The average molecular weight is 272 g/mol. The van der Waals surface area contributed by atoms with Gasteiger partial charge in [-0.25, -0.2) is 9.59 Å². The number of amides is 2. The number of rotatable bonds is 7. The molecule has 19 heavy (non-hydrogen) atoms. The molecule has 0 aromatic heterocycles. The van der Waals surface area contributed by atoms with Gasteiger partial charge in [-0.05, 0) is 24.2 Å². The molecule has 0 unspecified atom stereocenters. The molecule has 0 aliphatic heterocycles. The van der Waals surface area contributed by atoms with E-state index in [4.69, 9.17) is 0 Å². The smallest absolute Gasteiger partial charge is 0.329 e. The van der Waals surface area contributed by atoms with Crippen molar-refractivity contribution in [2.45, 2.75) is 59.9 Å². The fourth-order valence-electron chi connectivity index (χ4n) is 1.56. The molecule has 5 nitrogen and oxygen atoms in total. The largest absolute Gasteiger partial charge is 0.480 e. The van der Waals surface area contributed by atoms with Crippen LogP contribution >= 0.6 is 0 Å². The molecule has 0 spiro atoms. The highest BCUT2D eigenvalue weighted by Gasteiger charge is 2.36. The Morgan fingerprint density at radius 3 is 1.95 bits per heavy atom. The Hall–Kier alpha value is -1.26. The van der Waals surface area contributed by atoms with Gasteiger partial charge in [0.05, 0.1) is 0 Å². The van der Waals surface area contributed by atoms with Gasteiger partial charge in [0, 0.05) is 6.54 Å². The van der Waals surface area contributed by atoms with Crippen molar-refractivity contribution >= 4 is 12.0 Å². The van der Waals surface area contributed by atoms with Gasteiger partial charge in [-0.1, -0.05) is 41.5 Å². The van der Waals surface area contributed by atoms with Crippen LogP contribution in [0.25, 0.3) is 0 Å². The molecule has 0 fully saturated rings. The molecule has 5 heteroatoms. The van der Waals surface area contributed by atoms with E-state index in [1.54, 1.807) is 13.8 Å². The summed E-state index contributed by atoms with van der Waals surface area (Å²) in [7, 11) is 0. The average Bonchev–Trinajstić information content (AvgIpc) is 2.33. The molecular weight excluding hydrogens is 244 g/mol. The number of carbonyl (C=O) groups excluding carboxylic acids is 1. The van der Waals surface area contributed by atoms with E-state index in [-0.39, 0.29) is 5.41 Å². The summed E-state index contributed by atoms with van der Waals surface area (Å²) in [6.45, 7) is 12.4. The Labute approximate surface area is 116 Å². The fourth-order valence-corrected chi connectivity index (χ4v) is 1.56. The van der Waals surface area contributed by atoms with Crippen molar-refractivity contribution < 1.29 is 14.7 Å². The third kappa shape index (κ3) is 4.73. The fraction of sp³-hybridized carbons (Fsp3) is 0.857. The molecule has 112 valence electrons. The SMILES string of the molecule is CCC(CC)(NC(=O)NCC(C)(C)C(C)C)C(=O)O. The molecule has 0 heterocycles. The molecule has 0 saturated heterocycles. The van der Waals surface area contributed by atoms with Gasteiger partial charge in [0.1, 0.15) is 5.54 Å². The number of carbonyl (C=O) groups is 2. The number of aliphatic carboxylic acids is 1. The van der Waals surface area contributed by atoms with Gasteiger partial charge < -0.3 is 15.7 Å². The van der Waals surface area contributed by atoms with Crippen LogP contribution < -0.4 is 10.6 Å².